The van der Waals surface area contributed by atoms with Crippen molar-refractivity contribution in [3.05, 3.63) is 18.2 Å². The van der Waals surface area contributed by atoms with Gasteiger partial charge in [-0.15, -0.1) is 0 Å². The summed E-state index contributed by atoms with van der Waals surface area (Å²) in [5.74, 6) is 0.187. The third-order valence-electron chi connectivity index (χ3n) is 3.78. The molecule has 2 aliphatic heterocycles. The number of nitrogens with zero attached hydrogens (tertiary/aromatic N) is 1. The van der Waals surface area contributed by atoms with E-state index in [1.807, 2.05) is 6.92 Å². The van der Waals surface area contributed by atoms with Crippen LogP contribution in [-0.4, -0.2) is 51.0 Å². The Morgan fingerprint density at radius 2 is 2.23 bits per heavy atom. The van der Waals surface area contributed by atoms with Crippen molar-refractivity contribution in [2.45, 2.75) is 24.3 Å². The van der Waals surface area contributed by atoms with E-state index >= 15 is 0 Å². The SMILES string of the molecule is CC[C@H]1CN(S(=O)(=O)c2ccc3c(c2)NC(=O)CO3)CCO1. The van der Waals surface area contributed by atoms with Gasteiger partial charge in [0.2, 0.25) is 10.0 Å². The second-order valence-corrected chi connectivity index (χ2v) is 7.20. The summed E-state index contributed by atoms with van der Waals surface area (Å²) in [6, 6.07) is 4.51. The molecule has 1 aromatic carbocycles. The lowest BCUT2D eigenvalue weighted by atomic mass is 10.2. The van der Waals surface area contributed by atoms with Crippen molar-refractivity contribution < 1.29 is 22.7 Å². The fourth-order valence-corrected chi connectivity index (χ4v) is 4.01. The number of ether oxygens (including phenoxy) is 2. The van der Waals surface area contributed by atoms with Gasteiger partial charge < -0.3 is 14.8 Å². The molecule has 0 spiro atoms. The van der Waals surface area contributed by atoms with Gasteiger partial charge in [-0.25, -0.2) is 8.42 Å². The van der Waals surface area contributed by atoms with Crippen LogP contribution >= 0.6 is 0 Å². The summed E-state index contributed by atoms with van der Waals surface area (Å²) in [7, 11) is -3.61. The lowest BCUT2D eigenvalue weighted by Gasteiger charge is -2.31. The second-order valence-electron chi connectivity index (χ2n) is 5.26. The van der Waals surface area contributed by atoms with E-state index in [2.05, 4.69) is 5.32 Å². The third-order valence-corrected chi connectivity index (χ3v) is 5.64. The monoisotopic (exact) mass is 326 g/mol. The Kier molecular flexibility index (Phi) is 4.07. The van der Waals surface area contributed by atoms with Crippen LogP contribution in [0.5, 0.6) is 5.75 Å². The van der Waals surface area contributed by atoms with Crippen molar-refractivity contribution in [3.8, 4) is 5.75 Å². The van der Waals surface area contributed by atoms with Crippen LogP contribution in [0.1, 0.15) is 13.3 Å². The first-order chi connectivity index (χ1) is 10.5. The lowest BCUT2D eigenvalue weighted by Crippen LogP contribution is -2.45. The maximum atomic E-state index is 12.7. The van der Waals surface area contributed by atoms with Crippen LogP contribution in [-0.2, 0) is 19.6 Å². The standard InChI is InChI=1S/C14H18N2O5S/c1-2-10-8-16(5-6-20-10)22(18,19)11-3-4-13-12(7-11)15-14(17)9-21-13/h3-4,7,10H,2,5-6,8-9H2,1H3,(H,15,17)/t10-/m0/s1. The largest absolute Gasteiger partial charge is 0.482 e. The first-order valence-electron chi connectivity index (χ1n) is 7.19. The fraction of sp³-hybridized carbons (Fsp3) is 0.500. The number of hydrogen-bond acceptors (Lipinski definition) is 5. The number of sulfonamides is 1. The van der Waals surface area contributed by atoms with Crippen molar-refractivity contribution in [1.82, 2.24) is 4.31 Å². The van der Waals surface area contributed by atoms with Gasteiger partial charge in [-0.2, -0.15) is 4.31 Å². The quantitative estimate of drug-likeness (QED) is 0.889. The van der Waals surface area contributed by atoms with E-state index in [0.717, 1.165) is 6.42 Å². The lowest BCUT2D eigenvalue weighted by molar-refractivity contribution is -0.118. The zero-order chi connectivity index (χ0) is 15.7. The van der Waals surface area contributed by atoms with Gasteiger partial charge in [-0.05, 0) is 24.6 Å². The van der Waals surface area contributed by atoms with Crippen LogP contribution in [0.3, 0.4) is 0 Å². The Morgan fingerprint density at radius 1 is 1.41 bits per heavy atom. The van der Waals surface area contributed by atoms with Gasteiger partial charge in [-0.3, -0.25) is 4.79 Å². The molecule has 2 heterocycles. The highest BCUT2D eigenvalue weighted by atomic mass is 32.2. The minimum Gasteiger partial charge on any atom is -0.482 e. The molecule has 1 N–H and O–H groups in total. The number of rotatable bonds is 3. The van der Waals surface area contributed by atoms with Crippen LogP contribution in [0.2, 0.25) is 0 Å². The van der Waals surface area contributed by atoms with Crippen LogP contribution in [0, 0.1) is 0 Å². The maximum Gasteiger partial charge on any atom is 0.262 e. The molecule has 120 valence electrons. The van der Waals surface area contributed by atoms with E-state index in [0.29, 0.717) is 31.1 Å². The highest BCUT2D eigenvalue weighted by Crippen LogP contribution is 2.31. The van der Waals surface area contributed by atoms with Crippen LogP contribution in [0.4, 0.5) is 5.69 Å². The maximum absolute atomic E-state index is 12.7. The molecular weight excluding hydrogens is 308 g/mol. The van der Waals surface area contributed by atoms with Crippen molar-refractivity contribution in [2.24, 2.45) is 0 Å². The number of amides is 1. The molecule has 2 aliphatic rings. The van der Waals surface area contributed by atoms with Gasteiger partial charge in [0.1, 0.15) is 5.75 Å². The van der Waals surface area contributed by atoms with Gasteiger partial charge >= 0.3 is 0 Å². The summed E-state index contributed by atoms with van der Waals surface area (Å²) >= 11 is 0. The average molecular weight is 326 g/mol. The Morgan fingerprint density at radius 3 is 3.00 bits per heavy atom. The molecule has 1 atom stereocenters. The number of carbonyl (C=O) groups is 1. The van der Waals surface area contributed by atoms with E-state index in [4.69, 9.17) is 9.47 Å². The van der Waals surface area contributed by atoms with Crippen LogP contribution in [0.15, 0.2) is 23.1 Å². The number of benzene rings is 1. The highest BCUT2D eigenvalue weighted by molar-refractivity contribution is 7.89. The molecule has 7 nitrogen and oxygen atoms in total. The van der Waals surface area contributed by atoms with E-state index in [-0.39, 0.29) is 23.5 Å². The van der Waals surface area contributed by atoms with E-state index < -0.39 is 10.0 Å². The zero-order valence-corrected chi connectivity index (χ0v) is 13.1. The van der Waals surface area contributed by atoms with Gasteiger partial charge in [0.25, 0.3) is 5.91 Å². The van der Waals surface area contributed by atoms with E-state index in [1.54, 1.807) is 6.07 Å². The molecule has 1 fully saturated rings. The molecule has 22 heavy (non-hydrogen) atoms. The van der Waals surface area contributed by atoms with E-state index in [9.17, 15) is 13.2 Å². The minimum atomic E-state index is -3.61. The molecule has 0 bridgehead atoms. The highest BCUT2D eigenvalue weighted by Gasteiger charge is 2.31. The topological polar surface area (TPSA) is 84.9 Å². The van der Waals surface area contributed by atoms with E-state index in [1.165, 1.54) is 16.4 Å². The van der Waals surface area contributed by atoms with Gasteiger partial charge in [0.15, 0.2) is 6.61 Å². The van der Waals surface area contributed by atoms with Crippen molar-refractivity contribution >= 4 is 21.6 Å². The fourth-order valence-electron chi connectivity index (χ4n) is 2.53. The Balaban J connectivity index is 1.89. The van der Waals surface area contributed by atoms with Crippen molar-refractivity contribution in [1.29, 1.82) is 0 Å². The number of carbonyl (C=O) groups excluding carboxylic acids is 1. The minimum absolute atomic E-state index is 0.0548. The third kappa shape index (κ3) is 2.81. The predicted octanol–water partition coefficient (Wildman–Crippen LogP) is 0.817. The molecule has 1 saturated heterocycles. The molecule has 1 aromatic rings. The van der Waals surface area contributed by atoms with Crippen LogP contribution < -0.4 is 10.1 Å². The molecule has 8 heteroatoms. The molecule has 0 aliphatic carbocycles. The summed E-state index contributed by atoms with van der Waals surface area (Å²) in [4.78, 5) is 11.5. The summed E-state index contributed by atoms with van der Waals surface area (Å²) in [6.07, 6.45) is 0.685. The number of hydrogen-bond donors (Lipinski definition) is 1. The number of fused-ring (bicyclic) bond motifs is 1. The number of morpholine rings is 1. The number of anilines is 1. The number of nitrogens with one attached hydrogen (secondary N) is 1. The normalized spacial score (nSPS) is 22.6. The Labute approximate surface area is 129 Å². The Hall–Kier alpha value is -1.64. The molecule has 0 unspecified atom stereocenters. The smallest absolute Gasteiger partial charge is 0.262 e. The first-order valence-corrected chi connectivity index (χ1v) is 8.63. The molecule has 0 radical (unpaired) electrons. The molecule has 0 saturated carbocycles. The van der Waals surface area contributed by atoms with Gasteiger partial charge in [0, 0.05) is 13.1 Å². The summed E-state index contributed by atoms with van der Waals surface area (Å²) in [6.45, 7) is 2.98. The molecule has 3 rings (SSSR count). The molecule has 1 amide bonds. The zero-order valence-electron chi connectivity index (χ0n) is 12.2. The summed E-state index contributed by atoms with van der Waals surface area (Å²) in [5, 5.41) is 2.62. The van der Waals surface area contributed by atoms with Crippen LogP contribution in [0.25, 0.3) is 0 Å². The van der Waals surface area contributed by atoms with Crippen molar-refractivity contribution in [2.75, 3.05) is 31.6 Å². The summed E-state index contributed by atoms with van der Waals surface area (Å²) in [5.41, 5.74) is 0.387. The first kappa shape index (κ1) is 15.3. The van der Waals surface area contributed by atoms with Gasteiger partial charge in [-0.1, -0.05) is 6.92 Å². The average Bonchev–Trinajstić information content (AvgIpc) is 2.54. The molecule has 0 aromatic heterocycles. The predicted molar refractivity (Wildman–Crippen MR) is 79.4 cm³/mol. The molecular formula is C14H18N2O5S. The second kappa shape index (κ2) is 5.86. The Bertz CT molecular complexity index is 688. The van der Waals surface area contributed by atoms with Gasteiger partial charge in [0.05, 0.1) is 23.3 Å². The summed E-state index contributed by atoms with van der Waals surface area (Å²) < 4.78 is 37.6. The van der Waals surface area contributed by atoms with Crippen molar-refractivity contribution in [3.63, 3.8) is 0 Å².